The van der Waals surface area contributed by atoms with E-state index >= 15 is 0 Å². The molecular weight excluding hydrogens is 516 g/mol. The first-order chi connectivity index (χ1) is 18.9. The van der Waals surface area contributed by atoms with Crippen LogP contribution in [-0.2, 0) is 27.9 Å². The average Bonchev–Trinajstić information content (AvgIpc) is 2.95. The van der Waals surface area contributed by atoms with Gasteiger partial charge in [0.2, 0.25) is 15.9 Å². The number of piperidine rings is 1. The summed E-state index contributed by atoms with van der Waals surface area (Å²) >= 11 is 0. The minimum atomic E-state index is -3.38. The van der Waals surface area contributed by atoms with Crippen LogP contribution in [0.2, 0.25) is 0 Å². The first kappa shape index (κ1) is 29.0. The van der Waals surface area contributed by atoms with Crippen LogP contribution in [0, 0.1) is 0 Å². The van der Waals surface area contributed by atoms with Crippen LogP contribution in [0.25, 0.3) is 0 Å². The van der Waals surface area contributed by atoms with E-state index in [2.05, 4.69) is 15.5 Å². The molecule has 2 aliphatic rings. The van der Waals surface area contributed by atoms with E-state index in [1.54, 1.807) is 12.1 Å². The highest BCUT2D eigenvalue weighted by molar-refractivity contribution is 7.89. The Morgan fingerprint density at radius 1 is 0.949 bits per heavy atom. The molecule has 212 valence electrons. The summed E-state index contributed by atoms with van der Waals surface area (Å²) in [5.74, 6) is 0.152. The second-order valence-corrected chi connectivity index (χ2v) is 12.3. The summed E-state index contributed by atoms with van der Waals surface area (Å²) < 4.78 is 32.9. The Balaban J connectivity index is 1.45. The van der Waals surface area contributed by atoms with Gasteiger partial charge in [0.15, 0.2) is 0 Å². The molecule has 2 N–H and O–H groups in total. The maximum absolute atomic E-state index is 12.9. The molecule has 4 rings (SSSR count). The van der Waals surface area contributed by atoms with Gasteiger partial charge in [-0.05, 0) is 49.8 Å². The zero-order chi connectivity index (χ0) is 27.5. The molecule has 39 heavy (non-hydrogen) atoms. The number of ether oxygens (including phenoxy) is 1. The summed E-state index contributed by atoms with van der Waals surface area (Å²) in [6.07, 6.45) is 5.47. The fraction of sp³-hybridized carbons (Fsp3) is 0.517. The molecule has 2 heterocycles. The topological polar surface area (TPSA) is 108 Å². The Morgan fingerprint density at radius 2 is 1.72 bits per heavy atom. The van der Waals surface area contributed by atoms with Gasteiger partial charge in [0.1, 0.15) is 5.75 Å². The molecule has 2 aromatic rings. The van der Waals surface area contributed by atoms with Crippen LogP contribution in [-0.4, -0.2) is 74.5 Å². The van der Waals surface area contributed by atoms with Crippen molar-refractivity contribution < 1.29 is 22.7 Å². The van der Waals surface area contributed by atoms with Crippen molar-refractivity contribution in [2.24, 2.45) is 0 Å². The molecule has 10 heteroatoms. The summed E-state index contributed by atoms with van der Waals surface area (Å²) in [6, 6.07) is 15.3. The largest absolute Gasteiger partial charge is 0.493 e. The molecular formula is C29H40N4O5S. The molecule has 0 spiro atoms. The van der Waals surface area contributed by atoms with Gasteiger partial charge in [0.25, 0.3) is 5.91 Å². The number of hydrogen-bond donors (Lipinski definition) is 2. The monoisotopic (exact) mass is 556 g/mol. The molecule has 2 amide bonds. The van der Waals surface area contributed by atoms with Crippen LogP contribution in [0.4, 0.5) is 0 Å². The molecule has 0 atom stereocenters. The van der Waals surface area contributed by atoms with E-state index in [1.165, 1.54) is 4.31 Å². The second kappa shape index (κ2) is 14.4. The summed E-state index contributed by atoms with van der Waals surface area (Å²) in [5.41, 5.74) is 2.41. The molecule has 2 aliphatic heterocycles. The SMILES string of the molecule is O=C1CN(Cc2ccccc2)Cc2ccc(C(=O)NCCS(=O)(=O)N3CCCCC3)cc2OCCCCCN1. The molecule has 0 aromatic heterocycles. The second-order valence-electron chi connectivity index (χ2n) is 10.2. The molecule has 1 fully saturated rings. The highest BCUT2D eigenvalue weighted by Crippen LogP contribution is 2.24. The lowest BCUT2D eigenvalue weighted by molar-refractivity contribution is -0.122. The standard InChI is InChI=1S/C29H40N4O5S/c34-28-23-32(21-24-10-4-1-5-11-24)22-26-13-12-25(20-27(26)38-18-9-2-6-14-30-28)29(35)31-15-19-39(36,37)33-16-7-3-8-17-33/h1,4-5,10-13,20H,2-3,6-9,14-19,21-23H2,(H,30,34)(H,31,35). The number of nitrogens with one attached hydrogen (secondary N) is 2. The summed E-state index contributed by atoms with van der Waals surface area (Å²) in [6.45, 7) is 3.65. The van der Waals surface area contributed by atoms with Gasteiger partial charge in [-0.1, -0.05) is 42.8 Å². The Labute approximate surface area is 231 Å². The minimum Gasteiger partial charge on any atom is -0.493 e. The van der Waals surface area contributed by atoms with Crippen molar-refractivity contribution in [3.63, 3.8) is 0 Å². The van der Waals surface area contributed by atoms with Gasteiger partial charge >= 0.3 is 0 Å². The van der Waals surface area contributed by atoms with Crippen molar-refractivity contribution in [1.82, 2.24) is 19.8 Å². The zero-order valence-corrected chi connectivity index (χ0v) is 23.4. The number of amides is 2. The Bertz CT molecular complexity index is 1200. The number of fused-ring (bicyclic) bond motifs is 1. The predicted molar refractivity (Wildman–Crippen MR) is 151 cm³/mol. The third-order valence-electron chi connectivity index (χ3n) is 7.09. The molecule has 1 saturated heterocycles. The quantitative estimate of drug-likeness (QED) is 0.543. The van der Waals surface area contributed by atoms with Gasteiger partial charge in [0.05, 0.1) is 18.9 Å². The van der Waals surface area contributed by atoms with Crippen LogP contribution in [0.15, 0.2) is 48.5 Å². The number of nitrogens with zero attached hydrogens (tertiary/aromatic N) is 2. The molecule has 0 saturated carbocycles. The first-order valence-electron chi connectivity index (χ1n) is 14.0. The lowest BCUT2D eigenvalue weighted by atomic mass is 10.1. The van der Waals surface area contributed by atoms with Crippen LogP contribution in [0.5, 0.6) is 5.75 Å². The summed E-state index contributed by atoms with van der Waals surface area (Å²) in [5, 5.41) is 5.78. The number of hydrogen-bond acceptors (Lipinski definition) is 6. The van der Waals surface area contributed by atoms with E-state index < -0.39 is 10.0 Å². The molecule has 0 aliphatic carbocycles. The van der Waals surface area contributed by atoms with Gasteiger partial charge in [0, 0.05) is 50.4 Å². The van der Waals surface area contributed by atoms with Gasteiger partial charge in [-0.2, -0.15) is 0 Å². The third kappa shape index (κ3) is 9.05. The predicted octanol–water partition coefficient (Wildman–Crippen LogP) is 2.91. The average molecular weight is 557 g/mol. The van der Waals surface area contributed by atoms with Gasteiger partial charge < -0.3 is 15.4 Å². The lowest BCUT2D eigenvalue weighted by Gasteiger charge is -2.25. The van der Waals surface area contributed by atoms with E-state index in [1.807, 2.05) is 36.4 Å². The number of sulfonamides is 1. The van der Waals surface area contributed by atoms with Crippen molar-refractivity contribution in [3.8, 4) is 5.75 Å². The van der Waals surface area contributed by atoms with Crippen molar-refractivity contribution in [1.29, 1.82) is 0 Å². The van der Waals surface area contributed by atoms with Crippen molar-refractivity contribution in [3.05, 3.63) is 65.2 Å². The van der Waals surface area contributed by atoms with Crippen molar-refractivity contribution >= 4 is 21.8 Å². The Morgan fingerprint density at radius 3 is 2.51 bits per heavy atom. The fourth-order valence-corrected chi connectivity index (χ4v) is 6.38. The van der Waals surface area contributed by atoms with Crippen LogP contribution in [0.3, 0.4) is 0 Å². The number of benzene rings is 2. The lowest BCUT2D eigenvalue weighted by Crippen LogP contribution is -2.40. The van der Waals surface area contributed by atoms with E-state index in [4.69, 9.17) is 4.74 Å². The van der Waals surface area contributed by atoms with Gasteiger partial charge in [-0.25, -0.2) is 12.7 Å². The number of carbonyl (C=O) groups is 2. The Hall–Kier alpha value is -2.95. The minimum absolute atomic E-state index is 0.0110. The molecule has 9 nitrogen and oxygen atoms in total. The third-order valence-corrected chi connectivity index (χ3v) is 8.97. The normalized spacial score (nSPS) is 18.4. The highest BCUT2D eigenvalue weighted by Gasteiger charge is 2.24. The van der Waals surface area contributed by atoms with E-state index in [-0.39, 0.29) is 30.7 Å². The summed E-state index contributed by atoms with van der Waals surface area (Å²) in [4.78, 5) is 27.6. The van der Waals surface area contributed by atoms with Gasteiger partial charge in [-0.3, -0.25) is 14.5 Å². The van der Waals surface area contributed by atoms with Gasteiger partial charge in [-0.15, -0.1) is 0 Å². The van der Waals surface area contributed by atoms with Crippen LogP contribution >= 0.6 is 0 Å². The van der Waals surface area contributed by atoms with E-state index in [0.717, 1.165) is 49.7 Å². The zero-order valence-electron chi connectivity index (χ0n) is 22.6. The smallest absolute Gasteiger partial charge is 0.251 e. The summed E-state index contributed by atoms with van der Waals surface area (Å²) in [7, 11) is -3.38. The van der Waals surface area contributed by atoms with E-state index in [9.17, 15) is 18.0 Å². The van der Waals surface area contributed by atoms with Crippen molar-refractivity contribution in [2.75, 3.05) is 45.1 Å². The highest BCUT2D eigenvalue weighted by atomic mass is 32.2. The molecule has 0 radical (unpaired) electrons. The molecule has 0 unspecified atom stereocenters. The van der Waals surface area contributed by atoms with Crippen LogP contribution in [0.1, 0.15) is 60.0 Å². The Kier molecular flexibility index (Phi) is 10.8. The fourth-order valence-electron chi connectivity index (χ4n) is 4.95. The number of rotatable bonds is 7. The first-order valence-corrected chi connectivity index (χ1v) is 15.6. The van der Waals surface area contributed by atoms with Crippen LogP contribution < -0.4 is 15.4 Å². The van der Waals surface area contributed by atoms with Crippen molar-refractivity contribution in [2.45, 2.75) is 51.6 Å². The maximum Gasteiger partial charge on any atom is 0.251 e. The maximum atomic E-state index is 12.9. The molecule has 0 bridgehead atoms. The number of carbonyl (C=O) groups excluding carboxylic acids is 2. The molecule has 2 aromatic carbocycles. The van der Waals surface area contributed by atoms with E-state index in [0.29, 0.717) is 50.6 Å².